The lowest BCUT2D eigenvalue weighted by molar-refractivity contribution is -0.125. The summed E-state index contributed by atoms with van der Waals surface area (Å²) in [4.78, 5) is 13.9. The molecule has 0 saturated carbocycles. The van der Waals surface area contributed by atoms with E-state index < -0.39 is 12.7 Å². The van der Waals surface area contributed by atoms with Gasteiger partial charge in [-0.2, -0.15) is 8.78 Å². The van der Waals surface area contributed by atoms with E-state index in [1.54, 1.807) is 12.1 Å². The molecule has 1 saturated heterocycles. The van der Waals surface area contributed by atoms with Gasteiger partial charge in [0.2, 0.25) is 5.91 Å². The van der Waals surface area contributed by atoms with Crippen LogP contribution in [0, 0.1) is 5.92 Å². The molecule has 1 unspecified atom stereocenters. The number of amides is 1. The van der Waals surface area contributed by atoms with E-state index in [0.717, 1.165) is 25.9 Å². The van der Waals surface area contributed by atoms with Crippen LogP contribution in [0.25, 0.3) is 0 Å². The molecule has 1 aromatic carbocycles. The molecular weight excluding hydrogens is 330 g/mol. The van der Waals surface area contributed by atoms with Gasteiger partial charge in [0.1, 0.15) is 5.75 Å². The number of rotatable bonds is 7. The number of aliphatic hydroxyl groups is 1. The quantitative estimate of drug-likeness (QED) is 0.788. The molecule has 1 amide bonds. The van der Waals surface area contributed by atoms with Crippen LogP contribution < -0.4 is 10.1 Å². The molecule has 140 valence electrons. The van der Waals surface area contributed by atoms with Gasteiger partial charge < -0.3 is 20.1 Å². The number of β-amino-alcohol motifs (C(OH)–C–C–N with tert-alkyl or cyclic N) is 1. The number of halogens is 2. The first-order chi connectivity index (χ1) is 11.8. The van der Waals surface area contributed by atoms with Crippen molar-refractivity contribution in [2.75, 3.05) is 19.6 Å². The van der Waals surface area contributed by atoms with Crippen LogP contribution in [0.15, 0.2) is 24.3 Å². The topological polar surface area (TPSA) is 61.8 Å². The van der Waals surface area contributed by atoms with Crippen LogP contribution in [-0.4, -0.2) is 48.2 Å². The number of piperidine rings is 1. The highest BCUT2D eigenvalue weighted by Crippen LogP contribution is 2.21. The Kier molecular flexibility index (Phi) is 7.13. The lowest BCUT2D eigenvalue weighted by Gasteiger charge is -2.33. The first kappa shape index (κ1) is 19.6. The first-order valence-corrected chi connectivity index (χ1v) is 8.60. The van der Waals surface area contributed by atoms with Gasteiger partial charge in [-0.15, -0.1) is 0 Å². The summed E-state index contributed by atoms with van der Waals surface area (Å²) in [6.45, 7) is 2.96. The van der Waals surface area contributed by atoms with Crippen molar-refractivity contribution in [1.29, 1.82) is 0 Å². The third-order valence-corrected chi connectivity index (χ3v) is 4.38. The minimum absolute atomic E-state index is 0.0168. The monoisotopic (exact) mass is 356 g/mol. The van der Waals surface area contributed by atoms with E-state index >= 15 is 0 Å². The molecule has 7 heteroatoms. The number of nitrogens with one attached hydrogen (secondary N) is 1. The zero-order valence-electron chi connectivity index (χ0n) is 14.6. The molecule has 2 N–H and O–H groups in total. The van der Waals surface area contributed by atoms with Gasteiger partial charge in [-0.1, -0.05) is 26.0 Å². The third-order valence-electron chi connectivity index (χ3n) is 4.38. The van der Waals surface area contributed by atoms with Crippen molar-refractivity contribution in [2.24, 2.45) is 5.92 Å². The molecule has 0 spiro atoms. The number of hydrogen-bond donors (Lipinski definition) is 2. The van der Waals surface area contributed by atoms with Crippen LogP contribution >= 0.6 is 0 Å². The predicted molar refractivity (Wildman–Crippen MR) is 90.5 cm³/mol. The molecule has 0 aromatic heterocycles. The summed E-state index contributed by atoms with van der Waals surface area (Å²) in [5.74, 6) is 0.133. The van der Waals surface area contributed by atoms with Crippen molar-refractivity contribution in [3.8, 4) is 5.75 Å². The Balaban J connectivity index is 1.78. The molecular formula is C18H26F2N2O3. The molecule has 0 aliphatic carbocycles. The van der Waals surface area contributed by atoms with Crippen molar-refractivity contribution >= 4 is 5.91 Å². The van der Waals surface area contributed by atoms with E-state index in [2.05, 4.69) is 15.0 Å². The molecule has 1 fully saturated rings. The van der Waals surface area contributed by atoms with E-state index in [9.17, 15) is 18.7 Å². The van der Waals surface area contributed by atoms with Gasteiger partial charge in [-0.25, -0.2) is 0 Å². The van der Waals surface area contributed by atoms with Gasteiger partial charge in [-0.3, -0.25) is 4.79 Å². The number of alkyl halides is 2. The van der Waals surface area contributed by atoms with Gasteiger partial charge in [0, 0.05) is 31.6 Å². The first-order valence-electron chi connectivity index (χ1n) is 8.60. The van der Waals surface area contributed by atoms with Crippen LogP contribution in [-0.2, 0) is 4.79 Å². The maximum Gasteiger partial charge on any atom is 0.387 e. The zero-order valence-corrected chi connectivity index (χ0v) is 14.6. The minimum atomic E-state index is -2.85. The lowest BCUT2D eigenvalue weighted by Crippen LogP contribution is -2.46. The van der Waals surface area contributed by atoms with Crippen molar-refractivity contribution in [1.82, 2.24) is 10.2 Å². The average molecular weight is 356 g/mol. The lowest BCUT2D eigenvalue weighted by atomic mass is 10.0. The van der Waals surface area contributed by atoms with Gasteiger partial charge in [0.15, 0.2) is 0 Å². The normalized spacial score (nSPS) is 17.7. The Morgan fingerprint density at radius 2 is 1.88 bits per heavy atom. The maximum absolute atomic E-state index is 12.1. The molecule has 5 nitrogen and oxygen atoms in total. The standard InChI is InChI=1S/C18H26F2N2O3/c1-12(2)17(24)21-14-7-9-22(10-8-14)11-16(23)13-3-5-15(6-4-13)25-18(19)20/h3-6,12,14,16,18,23H,7-11H2,1-2H3,(H,21,24). The van der Waals surface area contributed by atoms with Crippen molar-refractivity contribution in [3.63, 3.8) is 0 Å². The molecule has 1 aliphatic heterocycles. The molecule has 0 bridgehead atoms. The highest BCUT2D eigenvalue weighted by Gasteiger charge is 2.23. The van der Waals surface area contributed by atoms with Crippen LogP contribution in [0.1, 0.15) is 38.4 Å². The summed E-state index contributed by atoms with van der Waals surface area (Å²) in [6, 6.07) is 6.24. The van der Waals surface area contributed by atoms with E-state index in [-0.39, 0.29) is 23.6 Å². The van der Waals surface area contributed by atoms with Gasteiger partial charge in [0.05, 0.1) is 6.10 Å². The number of likely N-dealkylation sites (tertiary alicyclic amines) is 1. The summed E-state index contributed by atoms with van der Waals surface area (Å²) in [6.07, 6.45) is 1.01. The predicted octanol–water partition coefficient (Wildman–Crippen LogP) is 2.56. The summed E-state index contributed by atoms with van der Waals surface area (Å²) < 4.78 is 28.6. The summed E-state index contributed by atoms with van der Waals surface area (Å²) in [7, 11) is 0. The van der Waals surface area contributed by atoms with Gasteiger partial charge >= 0.3 is 6.61 Å². The Bertz CT molecular complexity index is 544. The summed E-state index contributed by atoms with van der Waals surface area (Å²) in [5, 5.41) is 13.4. The van der Waals surface area contributed by atoms with Gasteiger partial charge in [-0.05, 0) is 30.5 Å². The Morgan fingerprint density at radius 3 is 2.40 bits per heavy atom. The molecule has 1 aromatic rings. The van der Waals surface area contributed by atoms with E-state index in [0.29, 0.717) is 12.1 Å². The summed E-state index contributed by atoms with van der Waals surface area (Å²) in [5.41, 5.74) is 0.664. The second-order valence-electron chi connectivity index (χ2n) is 6.70. The number of benzene rings is 1. The Hall–Kier alpha value is -1.73. The molecule has 2 rings (SSSR count). The maximum atomic E-state index is 12.1. The SMILES string of the molecule is CC(C)C(=O)NC1CCN(CC(O)c2ccc(OC(F)F)cc2)CC1. The fourth-order valence-corrected chi connectivity index (χ4v) is 2.85. The van der Waals surface area contributed by atoms with E-state index in [1.165, 1.54) is 12.1 Å². The fourth-order valence-electron chi connectivity index (χ4n) is 2.85. The zero-order chi connectivity index (χ0) is 18.4. The van der Waals surface area contributed by atoms with Crippen molar-refractivity contribution in [3.05, 3.63) is 29.8 Å². The van der Waals surface area contributed by atoms with Gasteiger partial charge in [0.25, 0.3) is 0 Å². The van der Waals surface area contributed by atoms with Crippen molar-refractivity contribution in [2.45, 2.75) is 45.4 Å². The smallest absolute Gasteiger partial charge is 0.387 e. The average Bonchev–Trinajstić information content (AvgIpc) is 2.56. The van der Waals surface area contributed by atoms with Crippen LogP contribution in [0.3, 0.4) is 0 Å². The van der Waals surface area contributed by atoms with Crippen LogP contribution in [0.2, 0.25) is 0 Å². The largest absolute Gasteiger partial charge is 0.435 e. The van der Waals surface area contributed by atoms with E-state index in [1.807, 2.05) is 13.8 Å². The van der Waals surface area contributed by atoms with Crippen molar-refractivity contribution < 1.29 is 23.4 Å². The Labute approximate surface area is 147 Å². The second-order valence-corrected chi connectivity index (χ2v) is 6.70. The molecule has 1 atom stereocenters. The summed E-state index contributed by atoms with van der Waals surface area (Å²) >= 11 is 0. The van der Waals surface area contributed by atoms with Crippen LogP contribution in [0.5, 0.6) is 5.75 Å². The third kappa shape index (κ3) is 6.25. The van der Waals surface area contributed by atoms with E-state index in [4.69, 9.17) is 0 Å². The Morgan fingerprint density at radius 1 is 1.28 bits per heavy atom. The second kappa shape index (κ2) is 9.10. The molecule has 25 heavy (non-hydrogen) atoms. The highest BCUT2D eigenvalue weighted by molar-refractivity contribution is 5.78. The molecule has 1 aliphatic rings. The highest BCUT2D eigenvalue weighted by atomic mass is 19.3. The number of carbonyl (C=O) groups is 1. The number of ether oxygens (including phenoxy) is 1. The fraction of sp³-hybridized carbons (Fsp3) is 0.611. The number of hydrogen-bond acceptors (Lipinski definition) is 4. The molecule has 1 heterocycles. The molecule has 0 radical (unpaired) electrons. The minimum Gasteiger partial charge on any atom is -0.435 e. The number of carbonyl (C=O) groups excluding carboxylic acids is 1. The number of nitrogens with zero attached hydrogens (tertiary/aromatic N) is 1. The number of aliphatic hydroxyl groups excluding tert-OH is 1. The van der Waals surface area contributed by atoms with Crippen LogP contribution in [0.4, 0.5) is 8.78 Å².